The van der Waals surface area contributed by atoms with Gasteiger partial charge in [0.1, 0.15) is 11.8 Å². The van der Waals surface area contributed by atoms with E-state index in [2.05, 4.69) is 20.7 Å². The molecule has 0 spiro atoms. The van der Waals surface area contributed by atoms with Gasteiger partial charge in [0.2, 0.25) is 0 Å². The summed E-state index contributed by atoms with van der Waals surface area (Å²) in [5, 5.41) is 17.8. The fourth-order valence-corrected chi connectivity index (χ4v) is 2.12. The molecular weight excluding hydrogens is 323 g/mol. The highest BCUT2D eigenvalue weighted by molar-refractivity contribution is 5.89. The molecule has 2 heterocycles. The van der Waals surface area contributed by atoms with Crippen LogP contribution in [0, 0.1) is 17.1 Å². The van der Waals surface area contributed by atoms with Crippen molar-refractivity contribution in [3.05, 3.63) is 72.1 Å². The predicted molar refractivity (Wildman–Crippen MR) is 88.3 cm³/mol. The molecule has 25 heavy (non-hydrogen) atoms. The molecule has 0 radical (unpaired) electrons. The maximum absolute atomic E-state index is 14.1. The van der Waals surface area contributed by atoms with Crippen LogP contribution in [-0.4, -0.2) is 20.8 Å². The molecule has 3 aromatic rings. The number of halogens is 1. The summed E-state index contributed by atoms with van der Waals surface area (Å²) < 4.78 is 15.5. The quantitative estimate of drug-likeness (QED) is 0.765. The number of nitriles is 1. The summed E-state index contributed by atoms with van der Waals surface area (Å²) in [6.45, 7) is 0.186. The summed E-state index contributed by atoms with van der Waals surface area (Å²) in [6, 6.07) is 10.8. The van der Waals surface area contributed by atoms with Gasteiger partial charge in [0.25, 0.3) is 0 Å². The van der Waals surface area contributed by atoms with Crippen LogP contribution >= 0.6 is 0 Å². The molecular formula is C17H13FN6O. The van der Waals surface area contributed by atoms with Crippen LogP contribution in [0.4, 0.5) is 14.9 Å². The van der Waals surface area contributed by atoms with Crippen molar-refractivity contribution in [1.29, 1.82) is 5.26 Å². The fourth-order valence-electron chi connectivity index (χ4n) is 2.12. The molecule has 2 N–H and O–H groups in total. The number of hydrogen-bond acceptors (Lipinski definition) is 4. The Morgan fingerprint density at radius 3 is 2.84 bits per heavy atom. The van der Waals surface area contributed by atoms with E-state index in [-0.39, 0.29) is 12.2 Å². The number of carbonyl (C=O) groups is 1. The van der Waals surface area contributed by atoms with Crippen molar-refractivity contribution in [2.45, 2.75) is 6.54 Å². The number of aromatic nitrogens is 3. The van der Waals surface area contributed by atoms with Gasteiger partial charge in [0.05, 0.1) is 17.8 Å². The third-order valence-corrected chi connectivity index (χ3v) is 3.34. The average Bonchev–Trinajstić information content (AvgIpc) is 3.15. The normalized spacial score (nSPS) is 10.1. The van der Waals surface area contributed by atoms with E-state index in [1.54, 1.807) is 36.7 Å². The molecule has 3 rings (SSSR count). The van der Waals surface area contributed by atoms with Crippen molar-refractivity contribution in [1.82, 2.24) is 20.1 Å². The molecule has 0 atom stereocenters. The summed E-state index contributed by atoms with van der Waals surface area (Å²) >= 11 is 0. The van der Waals surface area contributed by atoms with Gasteiger partial charge in [-0.25, -0.2) is 13.9 Å². The second-order valence-corrected chi connectivity index (χ2v) is 5.07. The van der Waals surface area contributed by atoms with Crippen molar-refractivity contribution >= 4 is 11.7 Å². The molecule has 0 aliphatic rings. The van der Waals surface area contributed by atoms with E-state index in [1.807, 2.05) is 6.07 Å². The molecule has 0 aliphatic carbocycles. The van der Waals surface area contributed by atoms with Gasteiger partial charge in [0, 0.05) is 24.3 Å². The van der Waals surface area contributed by atoms with Crippen LogP contribution in [0.15, 0.2) is 55.0 Å². The van der Waals surface area contributed by atoms with Crippen molar-refractivity contribution in [3.8, 4) is 11.8 Å². The van der Waals surface area contributed by atoms with E-state index in [1.165, 1.54) is 23.0 Å². The zero-order valence-electron chi connectivity index (χ0n) is 13.0. The first-order valence-electron chi connectivity index (χ1n) is 7.35. The number of rotatable bonds is 4. The lowest BCUT2D eigenvalue weighted by atomic mass is 10.2. The van der Waals surface area contributed by atoms with Crippen molar-refractivity contribution in [3.63, 3.8) is 0 Å². The smallest absolute Gasteiger partial charge is 0.319 e. The third kappa shape index (κ3) is 3.97. The molecule has 7 nitrogen and oxygen atoms in total. The molecule has 2 amide bonds. The molecule has 0 saturated carbocycles. The fraction of sp³-hybridized carbons (Fsp3) is 0.0588. The molecule has 2 aromatic heterocycles. The van der Waals surface area contributed by atoms with Gasteiger partial charge in [-0.05, 0) is 36.4 Å². The number of pyridine rings is 1. The van der Waals surface area contributed by atoms with Crippen LogP contribution in [0.25, 0.3) is 5.69 Å². The number of carbonyl (C=O) groups excluding carboxylic acids is 1. The first-order valence-corrected chi connectivity index (χ1v) is 7.35. The zero-order valence-corrected chi connectivity index (χ0v) is 13.0. The average molecular weight is 336 g/mol. The lowest BCUT2D eigenvalue weighted by Gasteiger charge is -2.09. The van der Waals surface area contributed by atoms with E-state index < -0.39 is 11.8 Å². The number of anilines is 1. The minimum absolute atomic E-state index is 0.186. The Labute approximate surface area is 142 Å². The summed E-state index contributed by atoms with van der Waals surface area (Å²) in [4.78, 5) is 15.9. The van der Waals surface area contributed by atoms with Crippen molar-refractivity contribution < 1.29 is 9.18 Å². The maximum atomic E-state index is 14.1. The Morgan fingerprint density at radius 1 is 1.32 bits per heavy atom. The summed E-state index contributed by atoms with van der Waals surface area (Å²) in [5.41, 5.74) is 1.66. The van der Waals surface area contributed by atoms with Crippen molar-refractivity contribution in [2.24, 2.45) is 0 Å². The number of hydrogen-bond donors (Lipinski definition) is 2. The standard InChI is InChI=1S/C17H13FN6O/c18-15-8-13(4-5-16(15)24-7-1-6-22-24)23-17(25)21-11-14-3-2-12(9-19)10-20-14/h1-8,10H,11H2,(H2,21,23,25). The summed E-state index contributed by atoms with van der Waals surface area (Å²) in [5.74, 6) is -0.504. The van der Waals surface area contributed by atoms with Gasteiger partial charge in [-0.1, -0.05) is 0 Å². The van der Waals surface area contributed by atoms with Crippen LogP contribution in [0.1, 0.15) is 11.3 Å². The SMILES string of the molecule is N#Cc1ccc(CNC(=O)Nc2ccc(-n3cccn3)c(F)c2)nc1. The van der Waals surface area contributed by atoms with E-state index in [4.69, 9.17) is 5.26 Å². The Kier molecular flexibility index (Phi) is 4.67. The third-order valence-electron chi connectivity index (χ3n) is 3.34. The largest absolute Gasteiger partial charge is 0.332 e. The second-order valence-electron chi connectivity index (χ2n) is 5.07. The highest BCUT2D eigenvalue weighted by Gasteiger charge is 2.08. The first kappa shape index (κ1) is 16.1. The molecule has 0 fully saturated rings. The van der Waals surface area contributed by atoms with Gasteiger partial charge in [0.15, 0.2) is 5.82 Å². The van der Waals surface area contributed by atoms with Gasteiger partial charge in [-0.2, -0.15) is 10.4 Å². The van der Waals surface area contributed by atoms with Gasteiger partial charge in [-0.3, -0.25) is 4.98 Å². The topological polar surface area (TPSA) is 95.6 Å². The van der Waals surface area contributed by atoms with Crippen LogP contribution in [0.2, 0.25) is 0 Å². The van der Waals surface area contributed by atoms with Crippen LogP contribution in [-0.2, 0) is 6.54 Å². The highest BCUT2D eigenvalue weighted by Crippen LogP contribution is 2.17. The Morgan fingerprint density at radius 2 is 2.20 bits per heavy atom. The van der Waals surface area contributed by atoms with Gasteiger partial charge in [-0.15, -0.1) is 0 Å². The summed E-state index contributed by atoms with van der Waals surface area (Å²) in [7, 11) is 0. The monoisotopic (exact) mass is 336 g/mol. The molecule has 0 saturated heterocycles. The van der Waals surface area contributed by atoms with Crippen LogP contribution in [0.3, 0.4) is 0 Å². The molecule has 0 unspecified atom stereocenters. The zero-order chi connectivity index (χ0) is 17.6. The number of nitrogens with zero attached hydrogens (tertiary/aromatic N) is 4. The number of benzene rings is 1. The van der Waals surface area contributed by atoms with E-state index in [9.17, 15) is 9.18 Å². The second kappa shape index (κ2) is 7.23. The first-order chi connectivity index (χ1) is 12.2. The maximum Gasteiger partial charge on any atom is 0.319 e. The molecule has 124 valence electrons. The van der Waals surface area contributed by atoms with Gasteiger partial charge >= 0.3 is 6.03 Å². The minimum atomic E-state index is -0.504. The lowest BCUT2D eigenvalue weighted by molar-refractivity contribution is 0.251. The predicted octanol–water partition coefficient (Wildman–Crippen LogP) is 2.60. The summed E-state index contributed by atoms with van der Waals surface area (Å²) in [6.07, 6.45) is 4.61. The van der Waals surface area contributed by atoms with Crippen LogP contribution in [0.5, 0.6) is 0 Å². The Hall–Kier alpha value is -3.73. The number of amides is 2. The molecule has 8 heteroatoms. The highest BCUT2D eigenvalue weighted by atomic mass is 19.1. The lowest BCUT2D eigenvalue weighted by Crippen LogP contribution is -2.28. The number of nitrogens with one attached hydrogen (secondary N) is 2. The molecule has 0 bridgehead atoms. The van der Waals surface area contributed by atoms with Crippen LogP contribution < -0.4 is 10.6 Å². The molecule has 0 aliphatic heterocycles. The Bertz CT molecular complexity index is 915. The van der Waals surface area contributed by atoms with E-state index >= 15 is 0 Å². The molecule has 1 aromatic carbocycles. The Balaban J connectivity index is 1.59. The minimum Gasteiger partial charge on any atom is -0.332 e. The van der Waals surface area contributed by atoms with E-state index in [0.29, 0.717) is 16.9 Å². The van der Waals surface area contributed by atoms with E-state index in [0.717, 1.165) is 0 Å². The van der Waals surface area contributed by atoms with Gasteiger partial charge < -0.3 is 10.6 Å². The number of urea groups is 1. The van der Waals surface area contributed by atoms with Crippen molar-refractivity contribution in [2.75, 3.05) is 5.32 Å².